The van der Waals surface area contributed by atoms with E-state index >= 15 is 0 Å². The van der Waals surface area contributed by atoms with Gasteiger partial charge in [-0.25, -0.2) is 9.59 Å². The number of carbonyl (C=O) groups is 2. The first-order valence-electron chi connectivity index (χ1n) is 7.73. The number of hydrogen-bond donors (Lipinski definition) is 0. The highest BCUT2D eigenvalue weighted by Crippen LogP contribution is 2.03. The van der Waals surface area contributed by atoms with Gasteiger partial charge in [-0.05, 0) is 19.8 Å². The predicted molar refractivity (Wildman–Crippen MR) is 90.7 cm³/mol. The van der Waals surface area contributed by atoms with Crippen molar-refractivity contribution in [3.05, 3.63) is 24.8 Å². The molecule has 0 N–H and O–H groups in total. The summed E-state index contributed by atoms with van der Waals surface area (Å²) in [5.41, 5.74) is 0.504. The van der Waals surface area contributed by atoms with Crippen molar-refractivity contribution < 1.29 is 33.3 Å². The average molecular weight is 346 g/mol. The standard InChI is InChI=1S/C9H16O4.C8H14O3/c1-3-9(10)13-8-7-12-6-5-11-4-2;1-7(8(9)11-3)5-4-6-10-2/h3H,1,4-8H2,2H3;1,4-6H2,2-3H3. The van der Waals surface area contributed by atoms with Gasteiger partial charge in [0.15, 0.2) is 0 Å². The maximum Gasteiger partial charge on any atom is 0.333 e. The van der Waals surface area contributed by atoms with E-state index in [0.29, 0.717) is 45.0 Å². The molecule has 7 nitrogen and oxygen atoms in total. The fraction of sp³-hybridized carbons (Fsp3) is 0.647. The maximum absolute atomic E-state index is 10.7. The molecular weight excluding hydrogens is 316 g/mol. The topological polar surface area (TPSA) is 80.3 Å². The Bertz CT molecular complexity index is 353. The lowest BCUT2D eigenvalue weighted by Crippen LogP contribution is -2.11. The number of carbonyl (C=O) groups excluding carboxylic acids is 2. The van der Waals surface area contributed by atoms with Gasteiger partial charge in [0.25, 0.3) is 0 Å². The van der Waals surface area contributed by atoms with E-state index in [0.717, 1.165) is 12.5 Å². The molecular formula is C17H30O7. The smallest absolute Gasteiger partial charge is 0.333 e. The first-order valence-corrected chi connectivity index (χ1v) is 7.73. The summed E-state index contributed by atoms with van der Waals surface area (Å²) >= 11 is 0. The number of hydrogen-bond acceptors (Lipinski definition) is 7. The van der Waals surface area contributed by atoms with Crippen LogP contribution in [0, 0.1) is 0 Å². The van der Waals surface area contributed by atoms with Crippen LogP contribution in [0.3, 0.4) is 0 Å². The Labute approximate surface area is 144 Å². The Morgan fingerprint density at radius 3 is 2.17 bits per heavy atom. The van der Waals surface area contributed by atoms with Gasteiger partial charge in [0, 0.05) is 32.0 Å². The molecule has 0 aliphatic rings. The Kier molecular flexibility index (Phi) is 19.8. The molecule has 7 heteroatoms. The van der Waals surface area contributed by atoms with Crippen molar-refractivity contribution in [3.8, 4) is 0 Å². The van der Waals surface area contributed by atoms with Crippen LogP contribution in [0.15, 0.2) is 24.8 Å². The Morgan fingerprint density at radius 1 is 1.00 bits per heavy atom. The van der Waals surface area contributed by atoms with Crippen LogP contribution >= 0.6 is 0 Å². The van der Waals surface area contributed by atoms with Crippen molar-refractivity contribution in [2.45, 2.75) is 19.8 Å². The second kappa shape index (κ2) is 19.3. The van der Waals surface area contributed by atoms with Gasteiger partial charge in [0.1, 0.15) is 6.61 Å². The van der Waals surface area contributed by atoms with Gasteiger partial charge in [0.05, 0.1) is 26.9 Å². The van der Waals surface area contributed by atoms with Crippen LogP contribution in [0.1, 0.15) is 19.8 Å². The van der Waals surface area contributed by atoms with Gasteiger partial charge in [0.2, 0.25) is 0 Å². The quantitative estimate of drug-likeness (QED) is 0.286. The average Bonchev–Trinajstić information content (AvgIpc) is 2.60. The predicted octanol–water partition coefficient (Wildman–Crippen LogP) is 1.91. The van der Waals surface area contributed by atoms with Crippen LogP contribution in [-0.4, -0.2) is 65.8 Å². The lowest BCUT2D eigenvalue weighted by atomic mass is 10.2. The van der Waals surface area contributed by atoms with Crippen molar-refractivity contribution in [2.75, 3.05) is 53.9 Å². The molecule has 0 fully saturated rings. The van der Waals surface area contributed by atoms with Crippen LogP contribution in [-0.2, 0) is 33.3 Å². The fourth-order valence-electron chi connectivity index (χ4n) is 1.30. The summed E-state index contributed by atoms with van der Waals surface area (Å²) in [4.78, 5) is 21.3. The maximum atomic E-state index is 10.7. The molecule has 0 amide bonds. The summed E-state index contributed by atoms with van der Waals surface area (Å²) in [7, 11) is 2.98. The Balaban J connectivity index is 0. The van der Waals surface area contributed by atoms with Gasteiger partial charge in [-0.2, -0.15) is 0 Å². The van der Waals surface area contributed by atoms with Crippen molar-refractivity contribution in [1.82, 2.24) is 0 Å². The molecule has 0 radical (unpaired) electrons. The number of rotatable bonds is 13. The Hall–Kier alpha value is -1.70. The van der Waals surface area contributed by atoms with E-state index in [-0.39, 0.29) is 12.6 Å². The number of ether oxygens (including phenoxy) is 5. The lowest BCUT2D eigenvalue weighted by molar-refractivity contribution is -0.139. The lowest BCUT2D eigenvalue weighted by Gasteiger charge is -2.04. The van der Waals surface area contributed by atoms with Crippen molar-refractivity contribution in [3.63, 3.8) is 0 Å². The van der Waals surface area contributed by atoms with Crippen molar-refractivity contribution >= 4 is 11.9 Å². The van der Waals surface area contributed by atoms with Gasteiger partial charge < -0.3 is 23.7 Å². The number of methoxy groups -OCH3 is 2. The zero-order chi connectivity index (χ0) is 18.6. The molecule has 0 saturated heterocycles. The van der Waals surface area contributed by atoms with Crippen molar-refractivity contribution in [1.29, 1.82) is 0 Å². The molecule has 0 saturated carbocycles. The highest BCUT2D eigenvalue weighted by atomic mass is 16.6. The van der Waals surface area contributed by atoms with Crippen LogP contribution in [0.25, 0.3) is 0 Å². The van der Waals surface area contributed by atoms with E-state index in [9.17, 15) is 9.59 Å². The summed E-state index contributed by atoms with van der Waals surface area (Å²) in [5, 5.41) is 0. The molecule has 140 valence electrons. The summed E-state index contributed by atoms with van der Waals surface area (Å²) in [5.74, 6) is -0.755. The highest BCUT2D eigenvalue weighted by Gasteiger charge is 2.04. The van der Waals surface area contributed by atoms with Crippen LogP contribution in [0.4, 0.5) is 0 Å². The monoisotopic (exact) mass is 346 g/mol. The molecule has 0 aliphatic carbocycles. The summed E-state index contributed by atoms with van der Waals surface area (Å²) in [6, 6.07) is 0. The molecule has 0 atom stereocenters. The van der Waals surface area contributed by atoms with Crippen LogP contribution in [0.5, 0.6) is 0 Å². The molecule has 0 spiro atoms. The molecule has 0 bridgehead atoms. The number of esters is 2. The van der Waals surface area contributed by atoms with Gasteiger partial charge in [-0.15, -0.1) is 0 Å². The Morgan fingerprint density at radius 2 is 1.62 bits per heavy atom. The second-order valence-corrected chi connectivity index (χ2v) is 4.37. The van der Waals surface area contributed by atoms with E-state index in [4.69, 9.17) is 14.2 Å². The molecule has 24 heavy (non-hydrogen) atoms. The minimum atomic E-state index is -0.423. The van der Waals surface area contributed by atoms with Crippen LogP contribution in [0.2, 0.25) is 0 Å². The molecule has 0 heterocycles. The van der Waals surface area contributed by atoms with E-state index in [1.54, 1.807) is 7.11 Å². The van der Waals surface area contributed by atoms with E-state index in [2.05, 4.69) is 22.6 Å². The highest BCUT2D eigenvalue weighted by molar-refractivity contribution is 5.87. The first kappa shape index (κ1) is 24.6. The van der Waals surface area contributed by atoms with Gasteiger partial charge >= 0.3 is 11.9 Å². The van der Waals surface area contributed by atoms with Crippen molar-refractivity contribution in [2.24, 2.45) is 0 Å². The third kappa shape index (κ3) is 18.3. The molecule has 0 rings (SSSR count). The van der Waals surface area contributed by atoms with E-state index in [1.807, 2.05) is 6.92 Å². The van der Waals surface area contributed by atoms with Crippen LogP contribution < -0.4 is 0 Å². The molecule has 0 aliphatic heterocycles. The van der Waals surface area contributed by atoms with E-state index in [1.165, 1.54) is 7.11 Å². The minimum Gasteiger partial charge on any atom is -0.466 e. The largest absolute Gasteiger partial charge is 0.466 e. The molecule has 0 aromatic heterocycles. The zero-order valence-corrected chi connectivity index (χ0v) is 15.0. The molecule has 0 aromatic carbocycles. The third-order valence-corrected chi connectivity index (χ3v) is 2.52. The van der Waals surface area contributed by atoms with Gasteiger partial charge in [-0.3, -0.25) is 0 Å². The minimum absolute atomic E-state index is 0.261. The van der Waals surface area contributed by atoms with E-state index < -0.39 is 5.97 Å². The molecule has 0 unspecified atom stereocenters. The SMILES string of the molecule is C=C(CCCOC)C(=O)OC.C=CC(=O)OCCOCCOCC. The zero-order valence-electron chi connectivity index (χ0n) is 15.0. The second-order valence-electron chi connectivity index (χ2n) is 4.37. The summed E-state index contributed by atoms with van der Waals surface area (Å²) in [6.07, 6.45) is 2.57. The summed E-state index contributed by atoms with van der Waals surface area (Å²) in [6.45, 7) is 11.9. The molecule has 0 aromatic rings. The first-order chi connectivity index (χ1) is 11.5. The summed E-state index contributed by atoms with van der Waals surface area (Å²) < 4.78 is 24.1. The third-order valence-electron chi connectivity index (χ3n) is 2.52. The fourth-order valence-corrected chi connectivity index (χ4v) is 1.30. The van der Waals surface area contributed by atoms with Gasteiger partial charge in [-0.1, -0.05) is 13.2 Å². The normalized spacial score (nSPS) is 9.46.